The molecule has 0 rings (SSSR count). The molecule has 0 aromatic heterocycles. The first-order chi connectivity index (χ1) is 15.2. The van der Waals surface area contributed by atoms with E-state index in [1.165, 1.54) is 109 Å². The number of carboxylic acids is 1. The van der Waals surface area contributed by atoms with Crippen LogP contribution in [0.15, 0.2) is 0 Å². The minimum absolute atomic E-state index is 0.232. The summed E-state index contributed by atoms with van der Waals surface area (Å²) in [6.07, 6.45) is 28.9. The number of aliphatic carboxylic acids is 1. The van der Waals surface area contributed by atoms with E-state index >= 15 is 0 Å². The molecule has 0 aliphatic rings. The van der Waals surface area contributed by atoms with Crippen molar-refractivity contribution in [3.05, 3.63) is 0 Å². The van der Waals surface area contributed by atoms with Crippen molar-refractivity contribution in [2.75, 3.05) is 0 Å². The second-order valence-electron chi connectivity index (χ2n) is 9.16. The van der Waals surface area contributed by atoms with E-state index in [-0.39, 0.29) is 28.0 Å². The van der Waals surface area contributed by atoms with Crippen LogP contribution in [0.3, 0.4) is 0 Å². The van der Waals surface area contributed by atoms with Gasteiger partial charge in [-0.1, -0.05) is 58.3 Å². The summed E-state index contributed by atoms with van der Waals surface area (Å²) in [4.78, 5) is 10.1. The van der Waals surface area contributed by atoms with E-state index in [9.17, 15) is 9.90 Å². The van der Waals surface area contributed by atoms with Crippen molar-refractivity contribution < 1.29 is 9.90 Å². The summed E-state index contributed by atoms with van der Waals surface area (Å²) in [5.74, 6) is -0.909. The van der Waals surface area contributed by atoms with Gasteiger partial charge in [0.05, 0.1) is 0 Å². The van der Waals surface area contributed by atoms with Crippen LogP contribution in [0.5, 0.6) is 0 Å². The molecule has 0 unspecified atom stereocenters. The van der Waals surface area contributed by atoms with E-state index < -0.39 is 5.97 Å². The fraction of sp³-hybridized carbons (Fsp3) is 0.964. The molecule has 0 amide bonds. The third-order valence-corrected chi connectivity index (χ3v) is 9.43. The predicted molar refractivity (Wildman–Crippen MR) is 139 cm³/mol. The Labute approximate surface area is 207 Å². The molecule has 3 heteroatoms. The van der Waals surface area contributed by atoms with E-state index in [0.29, 0.717) is 0 Å². The van der Waals surface area contributed by atoms with Crippen LogP contribution in [0.2, 0.25) is 8.73 Å². The van der Waals surface area contributed by atoms with Gasteiger partial charge in [-0.2, -0.15) is 0 Å². The molecule has 0 aromatic rings. The van der Waals surface area contributed by atoms with Crippen LogP contribution >= 0.6 is 0 Å². The number of hydrogen-bond donors (Lipinski definition) is 0. The maximum absolute atomic E-state index is 10.1. The fourth-order valence-electron chi connectivity index (χ4n) is 3.70. The van der Waals surface area contributed by atoms with Gasteiger partial charge in [-0.15, -0.1) is 0 Å². The fourth-order valence-corrected chi connectivity index (χ4v) is 6.89. The van der Waals surface area contributed by atoms with Gasteiger partial charge in [-0.3, -0.25) is 0 Å². The summed E-state index contributed by atoms with van der Waals surface area (Å²) in [5, 5.41) is 10.1. The van der Waals surface area contributed by atoms with E-state index in [1.54, 1.807) is 21.6 Å². The molecule has 0 aliphatic heterocycles. The molecule has 0 fully saturated rings. The third kappa shape index (κ3) is 37.9. The summed E-state index contributed by atoms with van der Waals surface area (Å²) < 4.78 is 3.27. The summed E-state index contributed by atoms with van der Waals surface area (Å²) in [7, 11) is 0. The molecule has 2 nitrogen and oxygen atoms in total. The van der Waals surface area contributed by atoms with Crippen LogP contribution in [0.1, 0.15) is 162 Å². The summed E-state index contributed by atoms with van der Waals surface area (Å²) >= 11 is 0.240. The van der Waals surface area contributed by atoms with Crippen molar-refractivity contribution in [3.8, 4) is 0 Å². The standard InChI is InChI=1S/C12H24O2.2C8H17.Sb/c1-2-3-4-5-6-7-8-9-10-11-12(13)14;2*1-3-5-7-8-6-4-2;/h2-11H2,1H3,(H,13,14);2*1,3-8H2,2H3;/q;;;+1/p-1. The molecule has 186 valence electrons. The molecule has 0 saturated heterocycles. The van der Waals surface area contributed by atoms with Gasteiger partial charge in [-0.05, 0) is 12.8 Å². The predicted octanol–water partition coefficient (Wildman–Crippen LogP) is 8.91. The van der Waals surface area contributed by atoms with Gasteiger partial charge < -0.3 is 9.90 Å². The van der Waals surface area contributed by atoms with E-state index in [1.807, 2.05) is 0 Å². The molecule has 0 saturated carbocycles. The molecule has 0 spiro atoms. The maximum atomic E-state index is 10.1. The molecule has 0 heterocycles. The number of carboxylic acid groups (broad SMARTS) is 1. The second kappa shape index (κ2) is 32.5. The van der Waals surface area contributed by atoms with Crippen LogP contribution < -0.4 is 5.11 Å². The summed E-state index contributed by atoms with van der Waals surface area (Å²) in [5.41, 5.74) is 0. The van der Waals surface area contributed by atoms with Crippen molar-refractivity contribution in [1.29, 1.82) is 0 Å². The Kier molecular flexibility index (Phi) is 35.0. The summed E-state index contributed by atoms with van der Waals surface area (Å²) in [6.45, 7) is 6.82. The quantitative estimate of drug-likeness (QED) is 0.0894. The monoisotopic (exact) mass is 546 g/mol. The first-order valence-electron chi connectivity index (χ1n) is 14.0. The molecule has 0 atom stereocenters. The zero-order valence-corrected chi connectivity index (χ0v) is 24.3. The van der Waals surface area contributed by atoms with E-state index in [0.717, 1.165) is 12.8 Å². The minimum atomic E-state index is -0.909. The average Bonchev–Trinajstić information content (AvgIpc) is 2.76. The molecule has 0 bridgehead atoms. The Balaban J connectivity index is 0. The van der Waals surface area contributed by atoms with Crippen LogP contribution in [0, 0.1) is 0 Å². The number of rotatable bonds is 24. The molecule has 0 aromatic carbocycles. The van der Waals surface area contributed by atoms with Crippen LogP contribution in [0.4, 0.5) is 0 Å². The molecule has 0 N–H and O–H groups in total. The second-order valence-corrected chi connectivity index (χ2v) is 13.0. The first kappa shape index (κ1) is 33.5. The van der Waals surface area contributed by atoms with Gasteiger partial charge in [0.25, 0.3) is 0 Å². The zero-order chi connectivity index (χ0) is 23.3. The molecular weight excluding hydrogens is 490 g/mol. The molecule has 2 radical (unpaired) electrons. The number of carbonyl (C=O) groups is 1. The van der Waals surface area contributed by atoms with E-state index in [2.05, 4.69) is 20.8 Å². The van der Waals surface area contributed by atoms with Gasteiger partial charge in [0.1, 0.15) is 0 Å². The third-order valence-electron chi connectivity index (χ3n) is 5.82. The average molecular weight is 548 g/mol. The van der Waals surface area contributed by atoms with Crippen molar-refractivity contribution in [3.63, 3.8) is 0 Å². The molecule has 31 heavy (non-hydrogen) atoms. The Morgan fingerprint density at radius 3 is 1.10 bits per heavy atom. The van der Waals surface area contributed by atoms with Crippen molar-refractivity contribution >= 4 is 27.6 Å². The first-order valence-corrected chi connectivity index (χ1v) is 17.6. The van der Waals surface area contributed by atoms with Crippen LogP contribution in [-0.4, -0.2) is 27.6 Å². The normalized spacial score (nSPS) is 10.7. The topological polar surface area (TPSA) is 40.1 Å². The zero-order valence-electron chi connectivity index (χ0n) is 21.7. The molecular formula is C28H57O2Sb. The number of unbranched alkanes of at least 4 members (excludes halogenated alkanes) is 18. The SMILES string of the molecule is CCCCCCCCCCCC(=O)[O-].CCCCCCC[CH2][Sb+][CH2]CCCCCCC. The van der Waals surface area contributed by atoms with Crippen molar-refractivity contribution in [2.45, 2.75) is 171 Å². The molecule has 0 aliphatic carbocycles. The van der Waals surface area contributed by atoms with Crippen LogP contribution in [-0.2, 0) is 4.79 Å². The van der Waals surface area contributed by atoms with Gasteiger partial charge in [0.15, 0.2) is 0 Å². The summed E-state index contributed by atoms with van der Waals surface area (Å²) in [6, 6.07) is 0. The Hall–Kier alpha value is 0.288. The van der Waals surface area contributed by atoms with E-state index in [4.69, 9.17) is 0 Å². The number of hydrogen-bond acceptors (Lipinski definition) is 2. The number of carbonyl (C=O) groups excluding carboxylic acids is 1. The van der Waals surface area contributed by atoms with Crippen LogP contribution in [0.25, 0.3) is 0 Å². The van der Waals surface area contributed by atoms with Crippen molar-refractivity contribution in [1.82, 2.24) is 0 Å². The Bertz CT molecular complexity index is 306. The van der Waals surface area contributed by atoms with Gasteiger partial charge in [-0.25, -0.2) is 0 Å². The Morgan fingerprint density at radius 2 is 0.774 bits per heavy atom. The van der Waals surface area contributed by atoms with Gasteiger partial charge >= 0.3 is 121 Å². The van der Waals surface area contributed by atoms with Crippen molar-refractivity contribution in [2.24, 2.45) is 0 Å². The van der Waals surface area contributed by atoms with Gasteiger partial charge in [0, 0.05) is 5.97 Å². The van der Waals surface area contributed by atoms with Gasteiger partial charge in [0.2, 0.25) is 0 Å². The Morgan fingerprint density at radius 1 is 0.484 bits per heavy atom.